The van der Waals surface area contributed by atoms with Crippen molar-refractivity contribution in [3.63, 3.8) is 0 Å². The molecule has 0 atom stereocenters. The average Bonchev–Trinajstić information content (AvgIpc) is 2.61. The van der Waals surface area contributed by atoms with Crippen LogP contribution in [0.25, 0.3) is 27.6 Å². The standard InChI is InChI=1S/C19H19N5O/c1-23(2)12-11-20-17-14-8-4-6-10-16(14)24-18(25)13-7-3-5-9-15(13)21-19(24)22-17/h3-10H,11-12H2,1-2H3,(H,20,21,22). The highest BCUT2D eigenvalue weighted by molar-refractivity contribution is 5.92. The second kappa shape index (κ2) is 6.14. The lowest BCUT2D eigenvalue weighted by Gasteiger charge is -2.14. The Morgan fingerprint density at radius 3 is 2.52 bits per heavy atom. The molecule has 4 aromatic rings. The summed E-state index contributed by atoms with van der Waals surface area (Å²) in [4.78, 5) is 24.3. The lowest BCUT2D eigenvalue weighted by Crippen LogP contribution is -2.22. The molecule has 6 heteroatoms. The van der Waals surface area contributed by atoms with Gasteiger partial charge in [-0.25, -0.2) is 9.38 Å². The van der Waals surface area contributed by atoms with Crippen molar-refractivity contribution in [3.05, 3.63) is 58.9 Å². The molecule has 0 amide bonds. The van der Waals surface area contributed by atoms with Crippen LogP contribution in [0.3, 0.4) is 0 Å². The molecule has 0 bridgehead atoms. The zero-order chi connectivity index (χ0) is 17.4. The van der Waals surface area contributed by atoms with Crippen molar-refractivity contribution in [1.29, 1.82) is 0 Å². The summed E-state index contributed by atoms with van der Waals surface area (Å²) in [5.74, 6) is 1.16. The number of benzene rings is 2. The summed E-state index contributed by atoms with van der Waals surface area (Å²) in [5.41, 5.74) is 1.38. The van der Waals surface area contributed by atoms with Gasteiger partial charge in [0.2, 0.25) is 5.78 Å². The fourth-order valence-corrected chi connectivity index (χ4v) is 2.97. The van der Waals surface area contributed by atoms with Gasteiger partial charge >= 0.3 is 0 Å². The Kier molecular flexibility index (Phi) is 3.82. The van der Waals surface area contributed by atoms with E-state index in [0.29, 0.717) is 16.7 Å². The van der Waals surface area contributed by atoms with Crippen molar-refractivity contribution in [1.82, 2.24) is 19.3 Å². The zero-order valence-corrected chi connectivity index (χ0v) is 14.2. The van der Waals surface area contributed by atoms with Gasteiger partial charge in [0.1, 0.15) is 5.82 Å². The predicted molar refractivity (Wildman–Crippen MR) is 101 cm³/mol. The van der Waals surface area contributed by atoms with E-state index >= 15 is 0 Å². The average molecular weight is 333 g/mol. The third-order valence-electron chi connectivity index (χ3n) is 4.22. The van der Waals surface area contributed by atoms with Crippen molar-refractivity contribution in [3.8, 4) is 0 Å². The van der Waals surface area contributed by atoms with E-state index < -0.39 is 0 Å². The molecule has 0 unspecified atom stereocenters. The van der Waals surface area contributed by atoms with Gasteiger partial charge in [0.15, 0.2) is 0 Å². The van der Waals surface area contributed by atoms with Crippen molar-refractivity contribution < 1.29 is 0 Å². The molecular weight excluding hydrogens is 314 g/mol. The van der Waals surface area contributed by atoms with Gasteiger partial charge in [0, 0.05) is 18.5 Å². The smallest absolute Gasteiger partial charge is 0.267 e. The van der Waals surface area contributed by atoms with Crippen LogP contribution in [0.15, 0.2) is 53.3 Å². The number of aromatic nitrogens is 3. The minimum atomic E-state index is -0.0934. The van der Waals surface area contributed by atoms with Crippen molar-refractivity contribution in [2.45, 2.75) is 0 Å². The molecule has 0 aliphatic carbocycles. The van der Waals surface area contributed by atoms with E-state index in [1.54, 1.807) is 10.5 Å². The highest BCUT2D eigenvalue weighted by Gasteiger charge is 2.12. The topological polar surface area (TPSA) is 62.5 Å². The summed E-state index contributed by atoms with van der Waals surface area (Å²) in [7, 11) is 4.06. The van der Waals surface area contributed by atoms with Gasteiger partial charge in [0.05, 0.1) is 16.4 Å². The lowest BCUT2D eigenvalue weighted by molar-refractivity contribution is 0.425. The summed E-state index contributed by atoms with van der Waals surface area (Å²) in [5, 5.41) is 4.88. The molecule has 2 aromatic heterocycles. The van der Waals surface area contributed by atoms with Crippen LogP contribution in [0, 0.1) is 0 Å². The van der Waals surface area contributed by atoms with Crippen molar-refractivity contribution >= 4 is 33.4 Å². The van der Waals surface area contributed by atoms with E-state index in [2.05, 4.69) is 20.2 Å². The van der Waals surface area contributed by atoms with E-state index in [4.69, 9.17) is 0 Å². The summed E-state index contributed by atoms with van der Waals surface area (Å²) in [6.07, 6.45) is 0. The number of likely N-dealkylation sites (N-methyl/N-ethyl adjacent to an activating group) is 1. The van der Waals surface area contributed by atoms with Crippen molar-refractivity contribution in [2.24, 2.45) is 0 Å². The Labute approximate surface area is 144 Å². The molecule has 0 aliphatic rings. The van der Waals surface area contributed by atoms with Gasteiger partial charge in [-0.2, -0.15) is 4.98 Å². The maximum atomic E-state index is 13.0. The number of para-hydroxylation sites is 2. The SMILES string of the molecule is CN(C)CCNc1nc2nc3ccccc3c(=O)n2c2ccccc12. The quantitative estimate of drug-likeness (QED) is 0.459. The molecule has 6 nitrogen and oxygen atoms in total. The first kappa shape index (κ1) is 15.5. The Hall–Kier alpha value is -2.99. The van der Waals surface area contributed by atoms with E-state index in [0.717, 1.165) is 29.8 Å². The van der Waals surface area contributed by atoms with Gasteiger partial charge < -0.3 is 10.2 Å². The molecule has 0 saturated heterocycles. The van der Waals surface area contributed by atoms with Gasteiger partial charge in [-0.15, -0.1) is 0 Å². The molecule has 1 N–H and O–H groups in total. The molecule has 0 radical (unpaired) electrons. The van der Waals surface area contributed by atoms with Crippen LogP contribution >= 0.6 is 0 Å². The molecule has 2 aromatic carbocycles. The first-order valence-electron chi connectivity index (χ1n) is 8.24. The molecule has 2 heterocycles. The molecule has 0 saturated carbocycles. The van der Waals surface area contributed by atoms with Gasteiger partial charge in [0.25, 0.3) is 5.56 Å². The summed E-state index contributed by atoms with van der Waals surface area (Å²) < 4.78 is 1.59. The maximum Gasteiger partial charge on any atom is 0.267 e. The van der Waals surface area contributed by atoms with Crippen LogP contribution in [0.5, 0.6) is 0 Å². The number of hydrogen-bond acceptors (Lipinski definition) is 5. The van der Waals surface area contributed by atoms with Crippen LogP contribution in [-0.2, 0) is 0 Å². The number of rotatable bonds is 4. The fraction of sp³-hybridized carbons (Fsp3) is 0.211. The number of nitrogens with one attached hydrogen (secondary N) is 1. The molecule has 0 spiro atoms. The third-order valence-corrected chi connectivity index (χ3v) is 4.22. The monoisotopic (exact) mass is 333 g/mol. The van der Waals surface area contributed by atoms with Crippen LogP contribution < -0.4 is 10.9 Å². The summed E-state index contributed by atoms with van der Waals surface area (Å²) in [6, 6.07) is 15.1. The molecule has 0 fully saturated rings. The summed E-state index contributed by atoms with van der Waals surface area (Å²) >= 11 is 0. The van der Waals surface area contributed by atoms with Gasteiger partial charge in [-0.3, -0.25) is 4.79 Å². The molecule has 0 aliphatic heterocycles. The number of hydrogen-bond donors (Lipinski definition) is 1. The minimum Gasteiger partial charge on any atom is -0.368 e. The second-order valence-electron chi connectivity index (χ2n) is 6.28. The van der Waals surface area contributed by atoms with Crippen LogP contribution in [0.2, 0.25) is 0 Å². The number of anilines is 1. The van der Waals surface area contributed by atoms with E-state index in [1.807, 2.05) is 56.6 Å². The van der Waals surface area contributed by atoms with E-state index in [1.165, 1.54) is 0 Å². The van der Waals surface area contributed by atoms with Gasteiger partial charge in [-0.1, -0.05) is 24.3 Å². The summed E-state index contributed by atoms with van der Waals surface area (Å²) in [6.45, 7) is 1.65. The fourth-order valence-electron chi connectivity index (χ4n) is 2.97. The number of nitrogens with zero attached hydrogens (tertiary/aromatic N) is 4. The number of fused-ring (bicyclic) bond motifs is 4. The zero-order valence-electron chi connectivity index (χ0n) is 14.2. The molecule has 25 heavy (non-hydrogen) atoms. The second-order valence-corrected chi connectivity index (χ2v) is 6.28. The Morgan fingerprint density at radius 2 is 1.72 bits per heavy atom. The highest BCUT2D eigenvalue weighted by Crippen LogP contribution is 2.22. The Balaban J connectivity index is 2.00. The van der Waals surface area contributed by atoms with Crippen molar-refractivity contribution in [2.75, 3.05) is 32.5 Å². The molecule has 4 rings (SSSR count). The third kappa shape index (κ3) is 2.70. The first-order chi connectivity index (χ1) is 12.1. The minimum absolute atomic E-state index is 0.0934. The highest BCUT2D eigenvalue weighted by atomic mass is 16.1. The molecule has 126 valence electrons. The Morgan fingerprint density at radius 1 is 1.00 bits per heavy atom. The van der Waals surface area contributed by atoms with E-state index in [-0.39, 0.29) is 5.56 Å². The van der Waals surface area contributed by atoms with Gasteiger partial charge in [-0.05, 0) is 38.4 Å². The molecular formula is C19H19N5O. The lowest BCUT2D eigenvalue weighted by atomic mass is 10.2. The predicted octanol–water partition coefficient (Wildman–Crippen LogP) is 2.37. The normalized spacial score (nSPS) is 11.6. The van der Waals surface area contributed by atoms with Crippen LogP contribution in [0.1, 0.15) is 0 Å². The van der Waals surface area contributed by atoms with Crippen LogP contribution in [0.4, 0.5) is 5.82 Å². The first-order valence-corrected chi connectivity index (χ1v) is 8.24. The van der Waals surface area contributed by atoms with Crippen LogP contribution in [-0.4, -0.2) is 46.5 Å². The Bertz CT molecular complexity index is 1130. The maximum absolute atomic E-state index is 13.0. The van der Waals surface area contributed by atoms with E-state index in [9.17, 15) is 4.79 Å². The largest absolute Gasteiger partial charge is 0.368 e.